The minimum Gasteiger partial charge on any atom is -0.308 e. The first-order valence-electron chi connectivity index (χ1n) is 5.07. The number of nitrogens with zero attached hydrogens (tertiary/aromatic N) is 3. The predicted octanol–water partition coefficient (Wildman–Crippen LogP) is 2.45. The first-order valence-corrected chi connectivity index (χ1v) is 6.74. The number of nitrogens with one attached hydrogen (secondary N) is 1. The van der Waals surface area contributed by atoms with Crippen LogP contribution in [-0.2, 0) is 6.54 Å². The van der Waals surface area contributed by atoms with Crippen molar-refractivity contribution in [3.05, 3.63) is 33.2 Å². The van der Waals surface area contributed by atoms with Gasteiger partial charge >= 0.3 is 0 Å². The molecular weight excluding hydrogens is 288 g/mol. The second-order valence-electron chi connectivity index (χ2n) is 3.51. The molecule has 6 heteroatoms. The molecule has 0 spiro atoms. The van der Waals surface area contributed by atoms with Gasteiger partial charge in [0.25, 0.3) is 0 Å². The van der Waals surface area contributed by atoms with Gasteiger partial charge in [-0.1, -0.05) is 5.21 Å². The SMILES string of the molecule is CC(NCCn1ccnn1)c1cc(Br)cs1. The third kappa shape index (κ3) is 3.13. The molecule has 4 nitrogen and oxygen atoms in total. The first-order chi connectivity index (χ1) is 7.75. The lowest BCUT2D eigenvalue weighted by Crippen LogP contribution is -2.23. The minimum absolute atomic E-state index is 0.375. The van der Waals surface area contributed by atoms with Crippen LogP contribution in [-0.4, -0.2) is 21.5 Å². The van der Waals surface area contributed by atoms with Gasteiger partial charge in [-0.15, -0.1) is 16.4 Å². The average molecular weight is 301 g/mol. The summed E-state index contributed by atoms with van der Waals surface area (Å²) in [6.45, 7) is 3.90. The van der Waals surface area contributed by atoms with Gasteiger partial charge in [0, 0.05) is 33.5 Å². The van der Waals surface area contributed by atoms with Gasteiger partial charge in [-0.25, -0.2) is 0 Å². The molecule has 2 heterocycles. The molecule has 2 aromatic rings. The van der Waals surface area contributed by atoms with Crippen LogP contribution in [0.2, 0.25) is 0 Å². The summed E-state index contributed by atoms with van der Waals surface area (Å²) in [5, 5.41) is 13.2. The quantitative estimate of drug-likeness (QED) is 0.922. The molecule has 0 amide bonds. The van der Waals surface area contributed by atoms with Gasteiger partial charge in [0.2, 0.25) is 0 Å². The lowest BCUT2D eigenvalue weighted by Gasteiger charge is -2.11. The Morgan fingerprint density at radius 2 is 2.50 bits per heavy atom. The second-order valence-corrected chi connectivity index (χ2v) is 5.37. The molecule has 16 heavy (non-hydrogen) atoms. The van der Waals surface area contributed by atoms with Crippen LogP contribution < -0.4 is 5.32 Å². The molecule has 86 valence electrons. The van der Waals surface area contributed by atoms with Crippen LogP contribution in [0.25, 0.3) is 0 Å². The molecule has 0 aliphatic rings. The monoisotopic (exact) mass is 300 g/mol. The van der Waals surface area contributed by atoms with Gasteiger partial charge in [-0.05, 0) is 28.9 Å². The Bertz CT molecular complexity index is 426. The summed E-state index contributed by atoms with van der Waals surface area (Å²) in [7, 11) is 0. The van der Waals surface area contributed by atoms with Gasteiger partial charge in [0.05, 0.1) is 12.7 Å². The van der Waals surface area contributed by atoms with Gasteiger partial charge in [-0.3, -0.25) is 4.68 Å². The van der Waals surface area contributed by atoms with Crippen LogP contribution in [0, 0.1) is 0 Å². The summed E-state index contributed by atoms with van der Waals surface area (Å²) in [5.74, 6) is 0. The predicted molar refractivity (Wildman–Crippen MR) is 68.5 cm³/mol. The Balaban J connectivity index is 1.78. The van der Waals surface area contributed by atoms with E-state index in [4.69, 9.17) is 0 Å². The standard InChI is InChI=1S/C10H13BrN4S/c1-8(10-6-9(11)7-16-10)12-2-4-15-5-3-13-14-15/h3,5-8,12H,2,4H2,1H3. The molecule has 0 bridgehead atoms. The molecule has 0 saturated heterocycles. The number of hydrogen-bond acceptors (Lipinski definition) is 4. The Kier molecular flexibility index (Phi) is 4.09. The van der Waals surface area contributed by atoms with Crippen molar-refractivity contribution < 1.29 is 0 Å². The van der Waals surface area contributed by atoms with Crippen molar-refractivity contribution >= 4 is 27.3 Å². The molecule has 0 aliphatic carbocycles. The average Bonchev–Trinajstić information content (AvgIpc) is 2.89. The topological polar surface area (TPSA) is 42.7 Å². The van der Waals surface area contributed by atoms with Crippen molar-refractivity contribution in [3.63, 3.8) is 0 Å². The Morgan fingerprint density at radius 1 is 1.62 bits per heavy atom. The van der Waals surface area contributed by atoms with Crippen molar-refractivity contribution in [3.8, 4) is 0 Å². The molecule has 1 N–H and O–H groups in total. The fourth-order valence-electron chi connectivity index (χ4n) is 1.40. The van der Waals surface area contributed by atoms with Crippen LogP contribution >= 0.6 is 27.3 Å². The number of hydrogen-bond donors (Lipinski definition) is 1. The molecule has 1 unspecified atom stereocenters. The molecule has 0 aromatic carbocycles. The molecule has 0 saturated carbocycles. The molecule has 0 radical (unpaired) electrons. The maximum Gasteiger partial charge on any atom is 0.0692 e. The highest BCUT2D eigenvalue weighted by molar-refractivity contribution is 9.10. The Morgan fingerprint density at radius 3 is 3.12 bits per heavy atom. The zero-order valence-electron chi connectivity index (χ0n) is 8.93. The number of halogens is 1. The van der Waals surface area contributed by atoms with E-state index in [0.717, 1.165) is 17.6 Å². The van der Waals surface area contributed by atoms with Gasteiger partial charge in [0.15, 0.2) is 0 Å². The highest BCUT2D eigenvalue weighted by Gasteiger charge is 2.06. The van der Waals surface area contributed by atoms with E-state index in [2.05, 4.69) is 49.9 Å². The van der Waals surface area contributed by atoms with Crippen molar-refractivity contribution in [2.45, 2.75) is 19.5 Å². The smallest absolute Gasteiger partial charge is 0.0692 e. The maximum absolute atomic E-state index is 3.91. The highest BCUT2D eigenvalue weighted by atomic mass is 79.9. The van der Waals surface area contributed by atoms with E-state index in [0.29, 0.717) is 6.04 Å². The van der Waals surface area contributed by atoms with Crippen molar-refractivity contribution in [1.29, 1.82) is 0 Å². The van der Waals surface area contributed by atoms with Crippen molar-refractivity contribution in [2.75, 3.05) is 6.54 Å². The van der Waals surface area contributed by atoms with Crippen LogP contribution in [0.4, 0.5) is 0 Å². The first kappa shape index (κ1) is 11.8. The zero-order chi connectivity index (χ0) is 11.4. The lowest BCUT2D eigenvalue weighted by atomic mass is 10.3. The maximum atomic E-state index is 3.91. The summed E-state index contributed by atoms with van der Waals surface area (Å²) < 4.78 is 2.97. The number of aromatic nitrogens is 3. The Hall–Kier alpha value is -0.720. The lowest BCUT2D eigenvalue weighted by molar-refractivity contribution is 0.502. The van der Waals surface area contributed by atoms with Gasteiger partial charge in [0.1, 0.15) is 0 Å². The summed E-state index contributed by atoms with van der Waals surface area (Å²) in [5.41, 5.74) is 0. The van der Waals surface area contributed by atoms with E-state index >= 15 is 0 Å². The molecule has 2 aromatic heterocycles. The van der Waals surface area contributed by atoms with Crippen molar-refractivity contribution in [1.82, 2.24) is 20.3 Å². The van der Waals surface area contributed by atoms with Gasteiger partial charge in [-0.2, -0.15) is 0 Å². The summed E-state index contributed by atoms with van der Waals surface area (Å²) >= 11 is 5.22. The molecule has 0 aliphatic heterocycles. The third-order valence-electron chi connectivity index (χ3n) is 2.28. The van der Waals surface area contributed by atoms with Crippen molar-refractivity contribution in [2.24, 2.45) is 0 Å². The van der Waals surface area contributed by atoms with Crippen LogP contribution in [0.15, 0.2) is 28.3 Å². The summed E-state index contributed by atoms with van der Waals surface area (Å²) in [6, 6.07) is 2.53. The van der Waals surface area contributed by atoms with E-state index in [9.17, 15) is 0 Å². The third-order valence-corrected chi connectivity index (χ3v) is 4.15. The molecule has 0 fully saturated rings. The van der Waals surface area contributed by atoms with E-state index in [-0.39, 0.29) is 0 Å². The normalized spacial score (nSPS) is 12.9. The van der Waals surface area contributed by atoms with Gasteiger partial charge < -0.3 is 5.32 Å². The minimum atomic E-state index is 0.375. The van der Waals surface area contributed by atoms with E-state index in [1.807, 2.05) is 10.9 Å². The van der Waals surface area contributed by atoms with Crippen LogP contribution in [0.5, 0.6) is 0 Å². The van der Waals surface area contributed by atoms with E-state index in [1.165, 1.54) is 4.88 Å². The zero-order valence-corrected chi connectivity index (χ0v) is 11.3. The van der Waals surface area contributed by atoms with E-state index < -0.39 is 0 Å². The van der Waals surface area contributed by atoms with E-state index in [1.54, 1.807) is 17.5 Å². The second kappa shape index (κ2) is 5.56. The highest BCUT2D eigenvalue weighted by Crippen LogP contribution is 2.24. The molecule has 1 atom stereocenters. The fourth-order valence-corrected chi connectivity index (χ4v) is 2.88. The van der Waals surface area contributed by atoms with Crippen LogP contribution in [0.1, 0.15) is 17.8 Å². The Labute approximate surface area is 107 Å². The molecular formula is C10H13BrN4S. The molecule has 2 rings (SSSR count). The summed E-state index contributed by atoms with van der Waals surface area (Å²) in [4.78, 5) is 1.34. The summed E-state index contributed by atoms with van der Waals surface area (Å²) in [6.07, 6.45) is 3.56. The largest absolute Gasteiger partial charge is 0.308 e. The number of rotatable bonds is 5. The van der Waals surface area contributed by atoms with Crippen LogP contribution in [0.3, 0.4) is 0 Å². The number of thiophene rings is 1. The fraction of sp³-hybridized carbons (Fsp3) is 0.400.